The molecule has 0 bridgehead atoms. The summed E-state index contributed by atoms with van der Waals surface area (Å²) in [4.78, 5) is 17.5. The third kappa shape index (κ3) is 2.77. The molecular weight excluding hydrogens is 232 g/mol. The fraction of sp³-hybridized carbons (Fsp3) is 0.231. The van der Waals surface area contributed by atoms with E-state index in [1.165, 1.54) is 11.8 Å². The highest BCUT2D eigenvalue weighted by Gasteiger charge is 2.07. The minimum atomic E-state index is 0.102. The van der Waals surface area contributed by atoms with Gasteiger partial charge in [-0.3, -0.25) is 4.79 Å². The zero-order valence-corrected chi connectivity index (χ0v) is 10.7. The Hall–Kier alpha value is -1.55. The summed E-state index contributed by atoms with van der Waals surface area (Å²) in [6.07, 6.45) is 1.78. The largest absolute Gasteiger partial charge is 0.348 e. The zero-order chi connectivity index (χ0) is 12.3. The molecule has 0 aliphatic rings. The maximum atomic E-state index is 11.5. The zero-order valence-electron chi connectivity index (χ0n) is 9.88. The average Bonchev–Trinajstić information content (AvgIpc) is 2.35. The van der Waals surface area contributed by atoms with E-state index in [4.69, 9.17) is 0 Å². The van der Waals surface area contributed by atoms with Crippen LogP contribution in [0.4, 0.5) is 0 Å². The lowest BCUT2D eigenvalue weighted by Crippen LogP contribution is -2.23. The van der Waals surface area contributed by atoms with Gasteiger partial charge in [0.05, 0.1) is 5.75 Å². The Balaban J connectivity index is 2.21. The number of rotatable bonds is 3. The van der Waals surface area contributed by atoms with Crippen LogP contribution in [0.1, 0.15) is 0 Å². The van der Waals surface area contributed by atoms with Crippen LogP contribution in [0.5, 0.6) is 0 Å². The summed E-state index contributed by atoms with van der Waals surface area (Å²) in [7, 11) is 3.53. The number of carbonyl (C=O) groups excluding carboxylic acids is 1. The van der Waals surface area contributed by atoms with Crippen LogP contribution < -0.4 is 0 Å². The van der Waals surface area contributed by atoms with Gasteiger partial charge in [0.2, 0.25) is 5.91 Å². The molecule has 0 radical (unpaired) electrons. The van der Waals surface area contributed by atoms with Gasteiger partial charge in [-0.1, -0.05) is 36.0 Å². The van der Waals surface area contributed by atoms with Crippen molar-refractivity contribution < 1.29 is 4.79 Å². The summed E-state index contributed by atoms with van der Waals surface area (Å²) in [5.74, 6) is 0.526. The minimum Gasteiger partial charge on any atom is -0.348 e. The van der Waals surface area contributed by atoms with Crippen molar-refractivity contribution in [2.24, 2.45) is 0 Å². The summed E-state index contributed by atoms with van der Waals surface area (Å²) >= 11 is 1.48. The predicted molar refractivity (Wildman–Crippen MR) is 71.2 cm³/mol. The van der Waals surface area contributed by atoms with Gasteiger partial charge in [-0.25, -0.2) is 4.98 Å². The first-order valence-corrected chi connectivity index (χ1v) is 6.34. The highest BCUT2D eigenvalue weighted by atomic mass is 32.2. The van der Waals surface area contributed by atoms with E-state index in [9.17, 15) is 4.79 Å². The molecular formula is C13H14N2OS. The molecule has 1 heterocycles. The second kappa shape index (κ2) is 5.19. The number of fused-ring (bicyclic) bond motifs is 1. The Morgan fingerprint density at radius 1 is 1.29 bits per heavy atom. The van der Waals surface area contributed by atoms with E-state index in [2.05, 4.69) is 11.1 Å². The van der Waals surface area contributed by atoms with Gasteiger partial charge < -0.3 is 4.90 Å². The lowest BCUT2D eigenvalue weighted by atomic mass is 10.2. The van der Waals surface area contributed by atoms with Gasteiger partial charge in [0, 0.05) is 25.7 Å². The normalized spacial score (nSPS) is 10.5. The van der Waals surface area contributed by atoms with E-state index in [-0.39, 0.29) is 5.91 Å². The van der Waals surface area contributed by atoms with E-state index < -0.39 is 0 Å². The summed E-state index contributed by atoms with van der Waals surface area (Å²) in [5, 5.41) is 3.17. The summed E-state index contributed by atoms with van der Waals surface area (Å²) in [5.41, 5.74) is 0. The van der Waals surface area contributed by atoms with Crippen molar-refractivity contribution in [3.05, 3.63) is 36.5 Å². The molecule has 0 saturated carbocycles. The average molecular weight is 246 g/mol. The molecule has 1 amide bonds. The summed E-state index contributed by atoms with van der Waals surface area (Å²) in [6, 6.07) is 10.1. The Labute approximate surface area is 105 Å². The van der Waals surface area contributed by atoms with Crippen LogP contribution in [-0.2, 0) is 4.79 Å². The molecule has 4 heteroatoms. The van der Waals surface area contributed by atoms with E-state index >= 15 is 0 Å². The fourth-order valence-electron chi connectivity index (χ4n) is 1.47. The molecule has 2 rings (SSSR count). The van der Waals surface area contributed by atoms with E-state index in [1.54, 1.807) is 25.2 Å². The maximum Gasteiger partial charge on any atom is 0.232 e. The maximum absolute atomic E-state index is 11.5. The molecule has 0 unspecified atom stereocenters. The number of aromatic nitrogens is 1. The number of nitrogens with zero attached hydrogens (tertiary/aromatic N) is 2. The second-order valence-electron chi connectivity index (χ2n) is 3.91. The van der Waals surface area contributed by atoms with Gasteiger partial charge in [-0.05, 0) is 11.5 Å². The third-order valence-corrected chi connectivity index (χ3v) is 3.46. The van der Waals surface area contributed by atoms with Crippen molar-refractivity contribution in [3.8, 4) is 0 Å². The van der Waals surface area contributed by atoms with Crippen molar-refractivity contribution >= 4 is 28.4 Å². The van der Waals surface area contributed by atoms with Crippen molar-refractivity contribution in [1.29, 1.82) is 0 Å². The van der Waals surface area contributed by atoms with Crippen molar-refractivity contribution in [2.75, 3.05) is 19.8 Å². The third-order valence-electron chi connectivity index (χ3n) is 2.47. The van der Waals surface area contributed by atoms with Crippen molar-refractivity contribution in [2.45, 2.75) is 5.03 Å². The highest BCUT2D eigenvalue weighted by Crippen LogP contribution is 2.25. The van der Waals surface area contributed by atoms with Crippen LogP contribution in [0, 0.1) is 0 Å². The molecule has 88 valence electrons. The minimum absolute atomic E-state index is 0.102. The van der Waals surface area contributed by atoms with Crippen LogP contribution in [0.25, 0.3) is 10.8 Å². The molecule has 0 saturated heterocycles. The quantitative estimate of drug-likeness (QED) is 0.780. The van der Waals surface area contributed by atoms with Gasteiger partial charge in [0.25, 0.3) is 0 Å². The first-order valence-electron chi connectivity index (χ1n) is 5.35. The van der Waals surface area contributed by atoms with Gasteiger partial charge in [0.15, 0.2) is 0 Å². The van der Waals surface area contributed by atoms with Gasteiger partial charge in [-0.15, -0.1) is 0 Å². The van der Waals surface area contributed by atoms with Gasteiger partial charge in [0.1, 0.15) is 5.03 Å². The summed E-state index contributed by atoms with van der Waals surface area (Å²) < 4.78 is 0. The Bertz CT molecular complexity index is 534. The first-order chi connectivity index (χ1) is 8.18. The Morgan fingerprint density at radius 2 is 2.06 bits per heavy atom. The number of thioether (sulfide) groups is 1. The molecule has 0 atom stereocenters. The molecule has 1 aromatic heterocycles. The van der Waals surface area contributed by atoms with Crippen LogP contribution in [0.3, 0.4) is 0 Å². The molecule has 2 aromatic rings. The van der Waals surface area contributed by atoms with E-state index in [0.717, 1.165) is 15.8 Å². The smallest absolute Gasteiger partial charge is 0.232 e. The lowest BCUT2D eigenvalue weighted by Gasteiger charge is -2.10. The van der Waals surface area contributed by atoms with Crippen LogP contribution >= 0.6 is 11.8 Å². The molecule has 0 spiro atoms. The molecule has 0 aliphatic carbocycles. The lowest BCUT2D eigenvalue weighted by molar-refractivity contribution is -0.125. The Kier molecular flexibility index (Phi) is 3.64. The molecule has 1 aromatic carbocycles. The number of amides is 1. The van der Waals surface area contributed by atoms with E-state index in [1.807, 2.05) is 24.3 Å². The standard InChI is InChI=1S/C13H14N2OS/c1-15(2)12(16)9-17-13-11-6-4-3-5-10(11)7-8-14-13/h3-8H,9H2,1-2H3. The van der Waals surface area contributed by atoms with Crippen molar-refractivity contribution in [1.82, 2.24) is 9.88 Å². The van der Waals surface area contributed by atoms with Gasteiger partial charge in [-0.2, -0.15) is 0 Å². The molecule has 0 aliphatic heterocycles. The monoisotopic (exact) mass is 246 g/mol. The van der Waals surface area contributed by atoms with Crippen molar-refractivity contribution in [3.63, 3.8) is 0 Å². The highest BCUT2D eigenvalue weighted by molar-refractivity contribution is 8.00. The Morgan fingerprint density at radius 3 is 2.82 bits per heavy atom. The topological polar surface area (TPSA) is 33.2 Å². The van der Waals surface area contributed by atoms with Crippen LogP contribution in [0.15, 0.2) is 41.6 Å². The van der Waals surface area contributed by atoms with E-state index in [0.29, 0.717) is 5.75 Å². The second-order valence-corrected chi connectivity index (χ2v) is 4.88. The number of benzene rings is 1. The number of carbonyl (C=O) groups is 1. The number of hydrogen-bond acceptors (Lipinski definition) is 3. The first kappa shape index (κ1) is 11.9. The number of pyridine rings is 1. The molecule has 0 N–H and O–H groups in total. The predicted octanol–water partition coefficient (Wildman–Crippen LogP) is 2.42. The molecule has 3 nitrogen and oxygen atoms in total. The fourth-order valence-corrected chi connectivity index (χ4v) is 2.46. The molecule has 0 fully saturated rings. The summed E-state index contributed by atoms with van der Waals surface area (Å²) in [6.45, 7) is 0. The van der Waals surface area contributed by atoms with Crippen LogP contribution in [-0.4, -0.2) is 35.6 Å². The molecule has 17 heavy (non-hydrogen) atoms. The van der Waals surface area contributed by atoms with Crippen LogP contribution in [0.2, 0.25) is 0 Å². The van der Waals surface area contributed by atoms with Gasteiger partial charge >= 0.3 is 0 Å². The SMILES string of the molecule is CN(C)C(=O)CSc1nccc2ccccc12. The number of hydrogen-bond donors (Lipinski definition) is 0.